The third kappa shape index (κ3) is 5.89. The summed E-state index contributed by atoms with van der Waals surface area (Å²) < 4.78 is 55.8. The molecule has 0 bridgehead atoms. The van der Waals surface area contributed by atoms with Gasteiger partial charge in [-0.15, -0.1) is 0 Å². The summed E-state index contributed by atoms with van der Waals surface area (Å²) in [6, 6.07) is 6.38. The number of alkyl halides is 4. The van der Waals surface area contributed by atoms with Crippen LogP contribution < -0.4 is 4.74 Å². The quantitative estimate of drug-likeness (QED) is 0.335. The van der Waals surface area contributed by atoms with Crippen LogP contribution in [-0.4, -0.2) is 12.5 Å². The molecule has 142 valence electrons. The van der Waals surface area contributed by atoms with Gasteiger partial charge in [0, 0.05) is 0 Å². The second-order valence-electron chi connectivity index (χ2n) is 7.07. The number of halogens is 4. The van der Waals surface area contributed by atoms with Gasteiger partial charge in [-0.2, -0.15) is 17.6 Å². The summed E-state index contributed by atoms with van der Waals surface area (Å²) in [4.78, 5) is 0. The highest BCUT2D eigenvalue weighted by Crippen LogP contribution is 2.42. The largest absolute Gasteiger partial charge is 0.461 e. The zero-order valence-electron chi connectivity index (χ0n) is 14.8. The van der Waals surface area contributed by atoms with Gasteiger partial charge in [-0.3, -0.25) is 0 Å². The first-order valence-corrected chi connectivity index (χ1v) is 9.38. The van der Waals surface area contributed by atoms with Crippen LogP contribution in [0.25, 0.3) is 0 Å². The Hall–Kier alpha value is -1.26. The van der Waals surface area contributed by atoms with Crippen LogP contribution in [0.5, 0.6) is 5.75 Å². The Bertz CT molecular complexity index is 510. The summed E-state index contributed by atoms with van der Waals surface area (Å²) in [6.45, 7) is 2.20. The summed E-state index contributed by atoms with van der Waals surface area (Å²) in [7, 11) is 0. The van der Waals surface area contributed by atoms with E-state index >= 15 is 0 Å². The van der Waals surface area contributed by atoms with E-state index in [1.165, 1.54) is 38.2 Å². The van der Waals surface area contributed by atoms with Crippen molar-refractivity contribution in [3.05, 3.63) is 29.8 Å². The standard InChI is InChI=1S/C20H28F4O/c1-2-3-4-5-8-15-11-13-16(14-12-15)17-9-6-7-10-18(17)25-20(23,24)19(21)22/h6-7,9-10,15-16,19H,2-5,8,11-14H2,1H3. The van der Waals surface area contributed by atoms with Crippen LogP contribution in [0.3, 0.4) is 0 Å². The lowest BCUT2D eigenvalue weighted by Crippen LogP contribution is -2.34. The molecule has 0 radical (unpaired) electrons. The van der Waals surface area contributed by atoms with E-state index in [-0.39, 0.29) is 11.7 Å². The van der Waals surface area contributed by atoms with E-state index in [4.69, 9.17) is 0 Å². The van der Waals surface area contributed by atoms with Crippen LogP contribution in [0.2, 0.25) is 0 Å². The minimum atomic E-state index is -4.45. The van der Waals surface area contributed by atoms with Gasteiger partial charge in [0.05, 0.1) is 0 Å². The fraction of sp³-hybridized carbons (Fsp3) is 0.700. The molecule has 1 aromatic rings. The molecule has 1 fully saturated rings. The Morgan fingerprint density at radius 2 is 1.72 bits per heavy atom. The third-order valence-electron chi connectivity index (χ3n) is 5.17. The van der Waals surface area contributed by atoms with Crippen molar-refractivity contribution in [2.45, 2.75) is 83.2 Å². The molecular formula is C20H28F4O. The molecule has 2 rings (SSSR count). The zero-order valence-corrected chi connectivity index (χ0v) is 14.8. The van der Waals surface area contributed by atoms with Gasteiger partial charge in [-0.1, -0.05) is 57.2 Å². The molecule has 0 aromatic heterocycles. The van der Waals surface area contributed by atoms with Crippen molar-refractivity contribution in [1.29, 1.82) is 0 Å². The van der Waals surface area contributed by atoms with Gasteiger partial charge in [0.1, 0.15) is 5.75 Å². The normalized spacial score (nSPS) is 21.5. The third-order valence-corrected chi connectivity index (χ3v) is 5.17. The average molecular weight is 360 g/mol. The fourth-order valence-electron chi connectivity index (χ4n) is 3.72. The number of unbranched alkanes of at least 4 members (excludes halogenated alkanes) is 3. The first kappa shape index (κ1) is 20.1. The van der Waals surface area contributed by atoms with Gasteiger partial charge in [-0.25, -0.2) is 0 Å². The molecule has 0 atom stereocenters. The Morgan fingerprint density at radius 1 is 1.04 bits per heavy atom. The number of hydrogen-bond donors (Lipinski definition) is 0. The summed E-state index contributed by atoms with van der Waals surface area (Å²) >= 11 is 0. The second-order valence-corrected chi connectivity index (χ2v) is 7.07. The summed E-state index contributed by atoms with van der Waals surface area (Å²) in [6.07, 6.45) is 1.91. The average Bonchev–Trinajstić information content (AvgIpc) is 2.59. The van der Waals surface area contributed by atoms with Crippen LogP contribution in [-0.2, 0) is 0 Å². The lowest BCUT2D eigenvalue weighted by molar-refractivity contribution is -0.253. The molecule has 0 amide bonds. The van der Waals surface area contributed by atoms with Gasteiger partial charge < -0.3 is 4.74 Å². The maximum Gasteiger partial charge on any atom is 0.461 e. The van der Waals surface area contributed by atoms with E-state index in [2.05, 4.69) is 11.7 Å². The summed E-state index contributed by atoms with van der Waals surface area (Å²) in [5.74, 6) is 0.694. The van der Waals surface area contributed by atoms with Crippen LogP contribution in [0.1, 0.15) is 76.2 Å². The maximum atomic E-state index is 13.3. The predicted molar refractivity (Wildman–Crippen MR) is 91.5 cm³/mol. The molecule has 25 heavy (non-hydrogen) atoms. The van der Waals surface area contributed by atoms with E-state index in [1.54, 1.807) is 18.2 Å². The Balaban J connectivity index is 1.93. The van der Waals surface area contributed by atoms with Crippen LogP contribution in [0.4, 0.5) is 17.6 Å². The number of rotatable bonds is 9. The van der Waals surface area contributed by atoms with Gasteiger partial charge >= 0.3 is 12.5 Å². The molecule has 0 saturated heterocycles. The molecule has 1 aliphatic carbocycles. The molecule has 0 unspecified atom stereocenters. The monoisotopic (exact) mass is 360 g/mol. The van der Waals surface area contributed by atoms with E-state index < -0.39 is 12.5 Å². The van der Waals surface area contributed by atoms with E-state index in [0.29, 0.717) is 11.5 Å². The number of para-hydroxylation sites is 1. The topological polar surface area (TPSA) is 9.23 Å². The Labute approximate surface area is 147 Å². The summed E-state index contributed by atoms with van der Waals surface area (Å²) in [5, 5.41) is 0. The highest BCUT2D eigenvalue weighted by Gasteiger charge is 2.44. The molecule has 1 saturated carbocycles. The number of ether oxygens (including phenoxy) is 1. The number of hydrogen-bond acceptors (Lipinski definition) is 1. The first-order chi connectivity index (χ1) is 11.9. The smallest absolute Gasteiger partial charge is 0.428 e. The number of benzene rings is 1. The first-order valence-electron chi connectivity index (χ1n) is 9.38. The molecule has 0 N–H and O–H groups in total. The van der Waals surface area contributed by atoms with Gasteiger partial charge in [0.2, 0.25) is 0 Å². The lowest BCUT2D eigenvalue weighted by Gasteiger charge is -2.30. The molecule has 0 spiro atoms. The van der Waals surface area contributed by atoms with Crippen molar-refractivity contribution in [2.75, 3.05) is 0 Å². The van der Waals surface area contributed by atoms with E-state index in [1.807, 2.05) is 0 Å². The summed E-state index contributed by atoms with van der Waals surface area (Å²) in [5.41, 5.74) is 0.632. The molecular weight excluding hydrogens is 332 g/mol. The zero-order chi connectivity index (χ0) is 18.3. The van der Waals surface area contributed by atoms with E-state index in [0.717, 1.165) is 25.7 Å². The van der Waals surface area contributed by atoms with Crippen molar-refractivity contribution in [3.63, 3.8) is 0 Å². The molecule has 1 aliphatic rings. The van der Waals surface area contributed by atoms with Crippen molar-refractivity contribution in [1.82, 2.24) is 0 Å². The van der Waals surface area contributed by atoms with Crippen LogP contribution in [0, 0.1) is 5.92 Å². The fourth-order valence-corrected chi connectivity index (χ4v) is 3.72. The van der Waals surface area contributed by atoms with Crippen LogP contribution in [0.15, 0.2) is 24.3 Å². The molecule has 0 heterocycles. The van der Waals surface area contributed by atoms with Crippen molar-refractivity contribution < 1.29 is 22.3 Å². The maximum absolute atomic E-state index is 13.3. The van der Waals surface area contributed by atoms with Crippen molar-refractivity contribution in [3.8, 4) is 5.75 Å². The minimum Gasteiger partial charge on any atom is -0.428 e. The SMILES string of the molecule is CCCCCCC1CCC(c2ccccc2OC(F)(F)C(F)F)CC1. The highest BCUT2D eigenvalue weighted by atomic mass is 19.3. The van der Waals surface area contributed by atoms with Crippen molar-refractivity contribution >= 4 is 0 Å². The van der Waals surface area contributed by atoms with Gasteiger partial charge in [0.25, 0.3) is 0 Å². The molecule has 1 nitrogen and oxygen atoms in total. The lowest BCUT2D eigenvalue weighted by atomic mass is 9.77. The second kappa shape index (κ2) is 9.44. The van der Waals surface area contributed by atoms with Crippen molar-refractivity contribution in [2.24, 2.45) is 5.92 Å². The van der Waals surface area contributed by atoms with Crippen LogP contribution >= 0.6 is 0 Å². The predicted octanol–water partition coefficient (Wildman–Crippen LogP) is 7.17. The highest BCUT2D eigenvalue weighted by molar-refractivity contribution is 5.36. The molecule has 1 aromatic carbocycles. The van der Waals surface area contributed by atoms with Gasteiger partial charge in [-0.05, 0) is 49.1 Å². The minimum absolute atomic E-state index is 0.108. The van der Waals surface area contributed by atoms with Gasteiger partial charge in [0.15, 0.2) is 0 Å². The van der Waals surface area contributed by atoms with E-state index in [9.17, 15) is 17.6 Å². The Kier molecular flexibility index (Phi) is 7.57. The molecule has 0 aliphatic heterocycles. The Morgan fingerprint density at radius 3 is 2.36 bits per heavy atom. The molecule has 5 heteroatoms.